The molecule has 0 heterocycles. The number of unbranched alkanes of at least 4 members (excludes halogenated alkanes) is 18. The van der Waals surface area contributed by atoms with Gasteiger partial charge in [0.2, 0.25) is 0 Å². The standard InChI is InChI=1S/C45H83NO3/c1-7-9-11-13-15-17-19-21-23-25-27-29-31-33-35-37-39-45(42(3)47,41-46-43(48)49-44(4,5)6)40-38-36-34-32-30-28-26-24-22-20-18-16-14-12-10-8-2/h15-18,21-24,42,47H,7-14,19-20,25-41H2,1-6H3,(H,46,48)/b17-15-,18-16-,23-21-,24-22-. The quantitative estimate of drug-likeness (QED) is 0.0534. The number of aliphatic hydroxyl groups is 1. The molecule has 0 saturated heterocycles. The van der Waals surface area contributed by atoms with Crippen LogP contribution in [-0.2, 0) is 4.74 Å². The lowest BCUT2D eigenvalue weighted by atomic mass is 9.73. The Kier molecular flexibility index (Phi) is 32.1. The highest BCUT2D eigenvalue weighted by Gasteiger charge is 2.35. The predicted octanol–water partition coefficient (Wildman–Crippen LogP) is 14.3. The van der Waals surface area contributed by atoms with Crippen LogP contribution in [0.5, 0.6) is 0 Å². The van der Waals surface area contributed by atoms with Gasteiger partial charge in [0.15, 0.2) is 0 Å². The fourth-order valence-corrected chi connectivity index (χ4v) is 6.36. The van der Waals surface area contributed by atoms with Gasteiger partial charge >= 0.3 is 6.09 Å². The van der Waals surface area contributed by atoms with Crippen LogP contribution in [0.4, 0.5) is 4.79 Å². The molecule has 1 unspecified atom stereocenters. The molecule has 4 heteroatoms. The van der Waals surface area contributed by atoms with E-state index in [2.05, 4.69) is 67.8 Å². The van der Waals surface area contributed by atoms with E-state index in [-0.39, 0.29) is 11.5 Å². The van der Waals surface area contributed by atoms with Gasteiger partial charge in [-0.2, -0.15) is 0 Å². The van der Waals surface area contributed by atoms with E-state index in [1.54, 1.807) is 0 Å². The number of carbonyl (C=O) groups excluding carboxylic acids is 1. The van der Waals surface area contributed by atoms with E-state index in [1.165, 1.54) is 128 Å². The zero-order valence-electron chi connectivity index (χ0n) is 33.6. The highest BCUT2D eigenvalue weighted by Crippen LogP contribution is 2.35. The Balaban J connectivity index is 4.45. The molecular formula is C45H83NO3. The highest BCUT2D eigenvalue weighted by molar-refractivity contribution is 5.67. The van der Waals surface area contributed by atoms with E-state index < -0.39 is 11.7 Å². The van der Waals surface area contributed by atoms with Gasteiger partial charge in [-0.05, 0) is 105 Å². The summed E-state index contributed by atoms with van der Waals surface area (Å²) in [4.78, 5) is 12.5. The first-order valence-corrected chi connectivity index (χ1v) is 20.9. The summed E-state index contributed by atoms with van der Waals surface area (Å²) in [6, 6.07) is 0. The molecule has 49 heavy (non-hydrogen) atoms. The van der Waals surface area contributed by atoms with Crippen LogP contribution in [-0.4, -0.2) is 29.4 Å². The third kappa shape index (κ3) is 31.9. The molecule has 0 aromatic carbocycles. The molecule has 2 N–H and O–H groups in total. The van der Waals surface area contributed by atoms with Crippen LogP contribution in [0, 0.1) is 5.41 Å². The zero-order valence-corrected chi connectivity index (χ0v) is 33.6. The lowest BCUT2D eigenvalue weighted by Gasteiger charge is -2.37. The van der Waals surface area contributed by atoms with E-state index in [1.807, 2.05) is 27.7 Å². The van der Waals surface area contributed by atoms with Crippen molar-refractivity contribution in [3.05, 3.63) is 48.6 Å². The number of ether oxygens (including phenoxy) is 1. The molecule has 0 aliphatic rings. The number of carbonyl (C=O) groups is 1. The van der Waals surface area contributed by atoms with E-state index in [4.69, 9.17) is 4.74 Å². The minimum absolute atomic E-state index is 0.304. The predicted molar refractivity (Wildman–Crippen MR) is 216 cm³/mol. The summed E-state index contributed by atoms with van der Waals surface area (Å²) in [5.41, 5.74) is -0.833. The van der Waals surface area contributed by atoms with Crippen molar-refractivity contribution in [1.29, 1.82) is 0 Å². The van der Waals surface area contributed by atoms with Crippen molar-refractivity contribution in [3.8, 4) is 0 Å². The van der Waals surface area contributed by atoms with Crippen LogP contribution in [0.15, 0.2) is 48.6 Å². The minimum Gasteiger partial charge on any atom is -0.444 e. The van der Waals surface area contributed by atoms with Gasteiger partial charge in [-0.25, -0.2) is 4.79 Å². The van der Waals surface area contributed by atoms with Crippen molar-refractivity contribution in [1.82, 2.24) is 5.32 Å². The molecule has 1 amide bonds. The molecule has 0 aromatic rings. The number of amides is 1. The maximum absolute atomic E-state index is 12.5. The molecule has 286 valence electrons. The summed E-state index contributed by atoms with van der Waals surface area (Å²) >= 11 is 0. The number of allylic oxidation sites excluding steroid dienone is 8. The van der Waals surface area contributed by atoms with E-state index >= 15 is 0 Å². The monoisotopic (exact) mass is 686 g/mol. The van der Waals surface area contributed by atoms with Crippen molar-refractivity contribution < 1.29 is 14.6 Å². The second-order valence-corrected chi connectivity index (χ2v) is 15.6. The molecule has 0 bridgehead atoms. The fraction of sp³-hybridized carbons (Fsp3) is 0.800. The van der Waals surface area contributed by atoms with Crippen molar-refractivity contribution in [2.24, 2.45) is 5.41 Å². The van der Waals surface area contributed by atoms with Gasteiger partial charge in [-0.3, -0.25) is 0 Å². The maximum Gasteiger partial charge on any atom is 0.407 e. The largest absolute Gasteiger partial charge is 0.444 e. The normalized spacial score (nSPS) is 13.4. The Morgan fingerprint density at radius 2 is 0.918 bits per heavy atom. The summed E-state index contributed by atoms with van der Waals surface area (Å²) in [7, 11) is 0. The van der Waals surface area contributed by atoms with Crippen LogP contribution in [0.1, 0.15) is 208 Å². The van der Waals surface area contributed by atoms with Crippen molar-refractivity contribution in [2.75, 3.05) is 6.54 Å². The van der Waals surface area contributed by atoms with Gasteiger partial charge < -0.3 is 15.2 Å². The smallest absolute Gasteiger partial charge is 0.407 e. The molecule has 0 fully saturated rings. The average molecular weight is 686 g/mol. The Labute approximate surface area is 306 Å². The summed E-state index contributed by atoms with van der Waals surface area (Å²) in [6.45, 7) is 12.6. The van der Waals surface area contributed by atoms with Gasteiger partial charge in [-0.1, -0.05) is 152 Å². The second kappa shape index (κ2) is 33.3. The second-order valence-electron chi connectivity index (χ2n) is 15.6. The van der Waals surface area contributed by atoms with E-state index in [0.717, 1.165) is 38.5 Å². The number of aliphatic hydroxyl groups excluding tert-OH is 1. The average Bonchev–Trinajstić information content (AvgIpc) is 3.05. The van der Waals surface area contributed by atoms with Gasteiger partial charge in [0, 0.05) is 12.0 Å². The van der Waals surface area contributed by atoms with E-state index in [9.17, 15) is 9.90 Å². The van der Waals surface area contributed by atoms with E-state index in [0.29, 0.717) is 6.54 Å². The van der Waals surface area contributed by atoms with Crippen LogP contribution in [0.2, 0.25) is 0 Å². The summed E-state index contributed by atoms with van der Waals surface area (Å²) < 4.78 is 5.53. The van der Waals surface area contributed by atoms with Crippen LogP contribution >= 0.6 is 0 Å². The first-order valence-electron chi connectivity index (χ1n) is 20.9. The molecule has 0 aromatic heterocycles. The van der Waals surface area contributed by atoms with Gasteiger partial charge in [0.05, 0.1) is 6.10 Å². The molecule has 0 radical (unpaired) electrons. The molecular weight excluding hydrogens is 602 g/mol. The van der Waals surface area contributed by atoms with Crippen molar-refractivity contribution in [3.63, 3.8) is 0 Å². The SMILES string of the molecule is CCCCC/C=C\C/C=C\CCCCCCCCC(CCCCCCCC/C=C\C/C=C\CCCCC)(CNC(=O)OC(C)(C)C)C(C)O. The maximum atomic E-state index is 12.5. The number of rotatable bonds is 33. The Bertz CT molecular complexity index is 800. The van der Waals surface area contributed by atoms with Gasteiger partial charge in [0.25, 0.3) is 0 Å². The highest BCUT2D eigenvalue weighted by atomic mass is 16.6. The molecule has 0 spiro atoms. The topological polar surface area (TPSA) is 58.6 Å². The molecule has 1 atom stereocenters. The van der Waals surface area contributed by atoms with Crippen molar-refractivity contribution in [2.45, 2.75) is 220 Å². The molecule has 0 aliphatic carbocycles. The summed E-state index contributed by atoms with van der Waals surface area (Å²) in [5.74, 6) is 0. The first kappa shape index (κ1) is 47.2. The number of hydrogen-bond acceptors (Lipinski definition) is 3. The van der Waals surface area contributed by atoms with Gasteiger partial charge in [0.1, 0.15) is 5.60 Å². The Morgan fingerprint density at radius 3 is 1.27 bits per heavy atom. The summed E-state index contributed by atoms with van der Waals surface area (Å²) in [5, 5.41) is 14.1. The summed E-state index contributed by atoms with van der Waals surface area (Å²) in [6.07, 6.45) is 49.1. The molecule has 4 nitrogen and oxygen atoms in total. The Hall–Kier alpha value is -1.81. The molecule has 0 aliphatic heterocycles. The third-order valence-corrected chi connectivity index (χ3v) is 9.62. The zero-order chi connectivity index (χ0) is 36.3. The van der Waals surface area contributed by atoms with Crippen LogP contribution in [0.25, 0.3) is 0 Å². The van der Waals surface area contributed by atoms with Gasteiger partial charge in [-0.15, -0.1) is 0 Å². The first-order chi connectivity index (χ1) is 23.7. The van der Waals surface area contributed by atoms with Crippen molar-refractivity contribution >= 4 is 6.09 Å². The number of nitrogens with one attached hydrogen (secondary N) is 1. The van der Waals surface area contributed by atoms with Crippen LogP contribution in [0.3, 0.4) is 0 Å². The minimum atomic E-state index is -0.529. The third-order valence-electron chi connectivity index (χ3n) is 9.62. The van der Waals surface area contributed by atoms with Crippen LogP contribution < -0.4 is 5.32 Å². The molecule has 0 saturated carbocycles. The lowest BCUT2D eigenvalue weighted by molar-refractivity contribution is 0.0127. The molecule has 0 rings (SSSR count). The number of hydrogen-bond donors (Lipinski definition) is 2. The lowest BCUT2D eigenvalue weighted by Crippen LogP contribution is -2.45. The Morgan fingerprint density at radius 1 is 0.571 bits per heavy atom. The fourth-order valence-electron chi connectivity index (χ4n) is 6.36. The number of alkyl carbamates (subject to hydrolysis) is 1.